The molecule has 0 unspecified atom stereocenters. The Kier molecular flexibility index (Phi) is 3.85. The van der Waals surface area contributed by atoms with E-state index in [2.05, 4.69) is 15.6 Å². The molecule has 2 N–H and O–H groups in total. The van der Waals surface area contributed by atoms with E-state index in [0.29, 0.717) is 5.69 Å². The monoisotopic (exact) mass is 374 g/mol. The van der Waals surface area contributed by atoms with Crippen LogP contribution in [0.25, 0.3) is 5.69 Å². The van der Waals surface area contributed by atoms with Gasteiger partial charge in [-0.15, -0.1) is 5.10 Å². The van der Waals surface area contributed by atoms with Crippen LogP contribution >= 0.6 is 0 Å². The van der Waals surface area contributed by atoms with Gasteiger partial charge >= 0.3 is 7.12 Å². The van der Waals surface area contributed by atoms with Crippen molar-refractivity contribution in [3.8, 4) is 5.69 Å². The molecule has 2 heterocycles. The Labute approximate surface area is 162 Å². The normalized spacial score (nSPS) is 16.7. The molecule has 1 spiro atoms. The Bertz CT molecular complexity index is 1060. The molecule has 1 amide bonds. The van der Waals surface area contributed by atoms with Crippen LogP contribution in [0.1, 0.15) is 40.9 Å². The van der Waals surface area contributed by atoms with Gasteiger partial charge in [-0.05, 0) is 61.5 Å². The van der Waals surface area contributed by atoms with Crippen molar-refractivity contribution in [1.82, 2.24) is 15.0 Å². The average Bonchev–Trinajstić information content (AvgIpc) is 3.26. The number of carbonyl (C=O) groups excluding carboxylic acids is 1. The molecule has 5 rings (SSSR count). The molecule has 28 heavy (non-hydrogen) atoms. The number of amides is 1. The zero-order chi connectivity index (χ0) is 19.3. The first kappa shape index (κ1) is 17.2. The number of rotatable bonds is 3. The number of benzene rings is 2. The van der Waals surface area contributed by atoms with Gasteiger partial charge in [0.15, 0.2) is 5.69 Å². The quantitative estimate of drug-likeness (QED) is 0.684. The Morgan fingerprint density at radius 3 is 2.75 bits per heavy atom. The molecular weight excluding hydrogens is 355 g/mol. The third-order valence-electron chi connectivity index (χ3n) is 5.59. The maximum atomic E-state index is 12.6. The summed E-state index contributed by atoms with van der Waals surface area (Å²) in [4.78, 5) is 12.6. The highest BCUT2D eigenvalue weighted by Gasteiger charge is 2.50. The van der Waals surface area contributed by atoms with Crippen LogP contribution in [-0.4, -0.2) is 33.0 Å². The number of fused-ring (bicyclic) bond motifs is 2. The molecule has 1 fully saturated rings. The molecule has 2 aromatic carbocycles. The molecule has 1 aliphatic carbocycles. The summed E-state index contributed by atoms with van der Waals surface area (Å²) in [5.74, 6) is -0.356. The lowest BCUT2D eigenvalue weighted by molar-refractivity contribution is -0.0152. The van der Waals surface area contributed by atoms with Crippen LogP contribution in [0.3, 0.4) is 0 Å². The summed E-state index contributed by atoms with van der Waals surface area (Å²) in [5.41, 5.74) is 4.19. The summed E-state index contributed by atoms with van der Waals surface area (Å²) < 4.78 is 7.34. The fraction of sp³-hybridized carbons (Fsp3) is 0.250. The van der Waals surface area contributed by atoms with Gasteiger partial charge in [-0.1, -0.05) is 29.0 Å². The number of anilines is 1. The van der Waals surface area contributed by atoms with E-state index in [1.54, 1.807) is 16.9 Å². The van der Waals surface area contributed by atoms with Gasteiger partial charge in [-0.25, -0.2) is 4.68 Å². The average molecular weight is 374 g/mol. The number of hydrogen-bond donors (Lipinski definition) is 2. The number of carbonyl (C=O) groups is 1. The van der Waals surface area contributed by atoms with Gasteiger partial charge in [-0.3, -0.25) is 4.79 Å². The Morgan fingerprint density at radius 2 is 2.04 bits per heavy atom. The Hall–Kier alpha value is -2.97. The van der Waals surface area contributed by atoms with Crippen LogP contribution in [0.5, 0.6) is 0 Å². The molecule has 2 aliphatic rings. The van der Waals surface area contributed by atoms with E-state index < -0.39 is 7.12 Å². The maximum Gasteiger partial charge on any atom is 0.492 e. The third-order valence-corrected chi connectivity index (χ3v) is 5.59. The molecule has 8 heteroatoms. The van der Waals surface area contributed by atoms with Crippen LogP contribution in [0, 0.1) is 6.92 Å². The van der Waals surface area contributed by atoms with Gasteiger partial charge < -0.3 is 15.0 Å². The largest absolute Gasteiger partial charge is 0.492 e. The predicted octanol–water partition coefficient (Wildman–Crippen LogP) is 1.92. The predicted molar refractivity (Wildman–Crippen MR) is 105 cm³/mol. The highest BCUT2D eigenvalue weighted by Crippen LogP contribution is 2.47. The van der Waals surface area contributed by atoms with Gasteiger partial charge in [0.2, 0.25) is 0 Å². The number of aryl methyl sites for hydroxylation is 1. The summed E-state index contributed by atoms with van der Waals surface area (Å²) in [6, 6.07) is 13.3. The Balaban J connectivity index is 1.35. The van der Waals surface area contributed by atoms with Crippen molar-refractivity contribution < 1.29 is 14.5 Å². The summed E-state index contributed by atoms with van der Waals surface area (Å²) in [5, 5.41) is 21.1. The van der Waals surface area contributed by atoms with E-state index in [1.165, 1.54) is 0 Å². The molecule has 1 aliphatic heterocycles. The van der Waals surface area contributed by atoms with E-state index in [9.17, 15) is 9.82 Å². The van der Waals surface area contributed by atoms with Crippen molar-refractivity contribution in [3.63, 3.8) is 0 Å². The first-order valence-electron chi connectivity index (χ1n) is 9.35. The molecule has 0 radical (unpaired) electrons. The highest BCUT2D eigenvalue weighted by atomic mass is 16.5. The van der Waals surface area contributed by atoms with E-state index in [1.807, 2.05) is 43.3 Å². The maximum absolute atomic E-state index is 12.6. The molecule has 0 atom stereocenters. The van der Waals surface area contributed by atoms with Crippen LogP contribution in [0.4, 0.5) is 5.69 Å². The van der Waals surface area contributed by atoms with Crippen molar-refractivity contribution in [2.75, 3.05) is 5.32 Å². The van der Waals surface area contributed by atoms with E-state index in [-0.39, 0.29) is 17.2 Å². The number of nitrogens with zero attached hydrogens (tertiary/aromatic N) is 3. The highest BCUT2D eigenvalue weighted by molar-refractivity contribution is 6.62. The van der Waals surface area contributed by atoms with Crippen molar-refractivity contribution >= 4 is 24.2 Å². The zero-order valence-electron chi connectivity index (χ0n) is 15.4. The van der Waals surface area contributed by atoms with Crippen LogP contribution < -0.4 is 10.8 Å². The number of aromatic nitrogens is 3. The molecule has 0 bridgehead atoms. The third kappa shape index (κ3) is 2.73. The van der Waals surface area contributed by atoms with Crippen molar-refractivity contribution in [2.24, 2.45) is 0 Å². The second kappa shape index (κ2) is 6.29. The second-order valence-electron chi connectivity index (χ2n) is 7.46. The fourth-order valence-corrected chi connectivity index (χ4v) is 3.87. The summed E-state index contributed by atoms with van der Waals surface area (Å²) >= 11 is 0. The summed E-state index contributed by atoms with van der Waals surface area (Å²) in [6.07, 6.45) is 4.53. The van der Waals surface area contributed by atoms with Crippen molar-refractivity contribution in [2.45, 2.75) is 31.8 Å². The first-order chi connectivity index (χ1) is 13.5. The topological polar surface area (TPSA) is 89.3 Å². The molecule has 1 saturated carbocycles. The molecule has 3 aromatic rings. The van der Waals surface area contributed by atoms with Crippen LogP contribution in [-0.2, 0) is 10.3 Å². The lowest BCUT2D eigenvalue weighted by Crippen LogP contribution is -2.35. The number of hydrogen-bond acceptors (Lipinski definition) is 5. The molecule has 1 aromatic heterocycles. The number of nitrogens with one attached hydrogen (secondary N) is 1. The van der Waals surface area contributed by atoms with Gasteiger partial charge in [-0.2, -0.15) is 0 Å². The van der Waals surface area contributed by atoms with E-state index >= 15 is 0 Å². The van der Waals surface area contributed by atoms with E-state index in [4.69, 9.17) is 4.65 Å². The summed E-state index contributed by atoms with van der Waals surface area (Å²) in [7, 11) is -0.949. The smallest absolute Gasteiger partial charge is 0.423 e. The van der Waals surface area contributed by atoms with Crippen molar-refractivity contribution in [3.05, 3.63) is 65.5 Å². The minimum Gasteiger partial charge on any atom is -0.423 e. The molecule has 0 saturated heterocycles. The standard InChI is InChI=1S/C20H19BN4O3/c1-13-3-6-15(7-4-13)25-12-18(23-24-25)19(26)22-14-5-8-16-17(11-14)21(27)28-20(16)9-2-10-20/h3-8,11-12,27H,2,9-10H2,1H3,(H,22,26). The van der Waals surface area contributed by atoms with Crippen LogP contribution in [0.2, 0.25) is 0 Å². The second-order valence-corrected chi connectivity index (χ2v) is 7.46. The van der Waals surface area contributed by atoms with Crippen LogP contribution in [0.15, 0.2) is 48.7 Å². The van der Waals surface area contributed by atoms with E-state index in [0.717, 1.165) is 41.5 Å². The minimum atomic E-state index is -0.949. The lowest BCUT2D eigenvalue weighted by Gasteiger charge is -2.39. The van der Waals surface area contributed by atoms with Gasteiger partial charge in [0.25, 0.3) is 5.91 Å². The van der Waals surface area contributed by atoms with Gasteiger partial charge in [0, 0.05) is 5.69 Å². The Morgan fingerprint density at radius 1 is 1.25 bits per heavy atom. The lowest BCUT2D eigenvalue weighted by atomic mass is 9.72. The first-order valence-corrected chi connectivity index (χ1v) is 9.35. The van der Waals surface area contributed by atoms with Gasteiger partial charge in [0.05, 0.1) is 17.5 Å². The molecule has 140 valence electrons. The van der Waals surface area contributed by atoms with Crippen molar-refractivity contribution in [1.29, 1.82) is 0 Å². The molecule has 7 nitrogen and oxygen atoms in total. The molecular formula is C20H19BN4O3. The minimum absolute atomic E-state index is 0.216. The SMILES string of the molecule is Cc1ccc(-n2cc(C(=O)Nc3ccc4c(c3)B(O)OC43CCC3)nn2)cc1. The summed E-state index contributed by atoms with van der Waals surface area (Å²) in [6.45, 7) is 2.01. The van der Waals surface area contributed by atoms with Gasteiger partial charge in [0.1, 0.15) is 0 Å². The fourth-order valence-electron chi connectivity index (χ4n) is 3.87. The zero-order valence-corrected chi connectivity index (χ0v) is 15.4.